The van der Waals surface area contributed by atoms with Gasteiger partial charge in [0.2, 0.25) is 0 Å². The number of fused-ring (bicyclic) bond motifs is 1. The lowest BCUT2D eigenvalue weighted by Gasteiger charge is -2.28. The number of benzene rings is 4. The number of carbonyl (C=O) groups is 2. The van der Waals surface area contributed by atoms with Gasteiger partial charge in [0.05, 0.1) is 39.6 Å². The fourth-order valence-electron chi connectivity index (χ4n) is 5.18. The van der Waals surface area contributed by atoms with Crippen molar-refractivity contribution in [3.63, 3.8) is 0 Å². The molecule has 2 atom stereocenters. The summed E-state index contributed by atoms with van der Waals surface area (Å²) in [6, 6.07) is 22.0. The van der Waals surface area contributed by atoms with Gasteiger partial charge in [-0.25, -0.2) is 9.59 Å². The van der Waals surface area contributed by atoms with Gasteiger partial charge in [-0.05, 0) is 104 Å². The summed E-state index contributed by atoms with van der Waals surface area (Å²) in [6.07, 6.45) is 0.452. The fraction of sp³-hybridized carbons (Fsp3) is 0.229. The minimum absolute atomic E-state index is 0.143. The number of allylic oxidation sites excluding steroid dienone is 1. The molecule has 250 valence electrons. The molecule has 0 saturated heterocycles. The van der Waals surface area contributed by atoms with Crippen LogP contribution in [0.3, 0.4) is 0 Å². The Balaban J connectivity index is 1.19. The van der Waals surface area contributed by atoms with E-state index in [1.54, 1.807) is 31.3 Å². The van der Waals surface area contributed by atoms with Crippen LogP contribution in [0.5, 0.6) is 17.2 Å². The molecule has 11 nitrogen and oxygen atoms in total. The van der Waals surface area contributed by atoms with Crippen molar-refractivity contribution in [2.24, 2.45) is 5.10 Å². The number of carbonyl (C=O) groups excluding carboxylic acids is 2. The van der Waals surface area contributed by atoms with Crippen LogP contribution in [0.2, 0.25) is 0 Å². The Bertz CT molecular complexity index is 1850. The third-order valence-electron chi connectivity index (χ3n) is 7.38. The second-order valence-electron chi connectivity index (χ2n) is 10.7. The Hall–Kier alpha value is -4.34. The van der Waals surface area contributed by atoms with Crippen LogP contribution >= 0.6 is 38.5 Å². The zero-order valence-corrected chi connectivity index (χ0v) is 30.1. The van der Waals surface area contributed by atoms with Crippen molar-refractivity contribution >= 4 is 67.5 Å². The molecular weight excluding hydrogens is 795 g/mol. The van der Waals surface area contributed by atoms with E-state index in [0.717, 1.165) is 30.3 Å². The minimum atomic E-state index is -1.14. The van der Waals surface area contributed by atoms with Crippen molar-refractivity contribution < 1.29 is 33.6 Å². The first-order valence-corrected chi connectivity index (χ1v) is 16.9. The molecule has 0 aliphatic carbocycles. The van der Waals surface area contributed by atoms with E-state index in [9.17, 15) is 14.7 Å². The van der Waals surface area contributed by atoms with Gasteiger partial charge in [0.25, 0.3) is 0 Å². The van der Waals surface area contributed by atoms with Crippen molar-refractivity contribution in [3.05, 3.63) is 109 Å². The molecule has 13 heteroatoms. The number of hydrogen-bond acceptors (Lipinski definition) is 9. The molecule has 0 bridgehead atoms. The smallest absolute Gasteiger partial charge is 0.337 e. The average Bonchev–Trinajstić information content (AvgIpc) is 3.07. The molecule has 1 heterocycles. The number of nitrogens with zero attached hydrogens (tertiary/aromatic N) is 1. The summed E-state index contributed by atoms with van der Waals surface area (Å²) in [5, 5.41) is 22.4. The second kappa shape index (κ2) is 16.2. The molecule has 0 spiro atoms. The molecule has 1 aliphatic rings. The summed E-state index contributed by atoms with van der Waals surface area (Å²) in [5.41, 5.74) is 5.82. The molecule has 5 rings (SSSR count). The van der Waals surface area contributed by atoms with E-state index >= 15 is 0 Å². The molecule has 0 fully saturated rings. The second-order valence-corrected chi connectivity index (χ2v) is 12.7. The molecule has 0 aromatic heterocycles. The molecule has 48 heavy (non-hydrogen) atoms. The Morgan fingerprint density at radius 1 is 1.08 bits per heavy atom. The Kier molecular flexibility index (Phi) is 11.8. The largest absolute Gasteiger partial charge is 0.490 e. The predicted molar refractivity (Wildman–Crippen MR) is 194 cm³/mol. The number of hydrazone groups is 1. The maximum Gasteiger partial charge on any atom is 0.337 e. The summed E-state index contributed by atoms with van der Waals surface area (Å²) in [4.78, 5) is 24.7. The molecule has 4 aromatic carbocycles. The van der Waals surface area contributed by atoms with Crippen molar-refractivity contribution in [1.29, 1.82) is 0 Å². The Labute approximate surface area is 299 Å². The number of aliphatic hydroxyl groups excluding tert-OH is 1. The number of ether oxygens (including phenoxy) is 4. The van der Waals surface area contributed by atoms with Crippen LogP contribution < -0.4 is 30.3 Å². The number of nitrogens with one attached hydrogen (secondary N) is 3. The highest BCUT2D eigenvalue weighted by molar-refractivity contribution is 14.1. The molecule has 0 radical (unpaired) electrons. The van der Waals surface area contributed by atoms with Gasteiger partial charge in [0.15, 0.2) is 17.7 Å². The van der Waals surface area contributed by atoms with Gasteiger partial charge in [0.1, 0.15) is 19.0 Å². The lowest BCUT2D eigenvalue weighted by atomic mass is 9.95. The first-order chi connectivity index (χ1) is 23.2. The summed E-state index contributed by atoms with van der Waals surface area (Å²) < 4.78 is 24.4. The third-order valence-corrected chi connectivity index (χ3v) is 8.77. The van der Waals surface area contributed by atoms with Crippen LogP contribution in [0.1, 0.15) is 36.6 Å². The zero-order chi connectivity index (χ0) is 34.2. The summed E-state index contributed by atoms with van der Waals surface area (Å²) >= 11 is 5.84. The summed E-state index contributed by atoms with van der Waals surface area (Å²) in [7, 11) is 1.28. The van der Waals surface area contributed by atoms with Crippen LogP contribution in [-0.4, -0.2) is 49.9 Å². The number of hydrogen-bond donors (Lipinski definition) is 4. The normalized spacial score (nSPS) is 15.1. The number of amides is 2. The Morgan fingerprint density at radius 2 is 1.88 bits per heavy atom. The number of urea groups is 1. The van der Waals surface area contributed by atoms with E-state index in [0.29, 0.717) is 36.0 Å². The van der Waals surface area contributed by atoms with Gasteiger partial charge in [0, 0.05) is 5.70 Å². The monoisotopic (exact) mass is 828 g/mol. The number of halogens is 2. The van der Waals surface area contributed by atoms with E-state index in [2.05, 4.69) is 83.9 Å². The maximum atomic E-state index is 12.5. The molecular formula is C35H34BrIN4O7. The SMILES string of the molecule is CCOc1cc([C@@H]2NC(=O)NC(C)=C2C(=O)OC)ccc1OC[C@H](O)N/N=C\c1cc(Br)c(OCc2cccc3ccccc23)c(I)c1. The van der Waals surface area contributed by atoms with E-state index < -0.39 is 24.3 Å². The van der Waals surface area contributed by atoms with E-state index in [1.807, 2.05) is 37.3 Å². The van der Waals surface area contributed by atoms with Crippen molar-refractivity contribution in [2.45, 2.75) is 32.7 Å². The minimum Gasteiger partial charge on any atom is -0.490 e. The zero-order valence-electron chi connectivity index (χ0n) is 26.4. The highest BCUT2D eigenvalue weighted by Crippen LogP contribution is 2.35. The van der Waals surface area contributed by atoms with Crippen LogP contribution in [-0.2, 0) is 16.1 Å². The van der Waals surface area contributed by atoms with Crippen LogP contribution in [0, 0.1) is 3.57 Å². The topological polar surface area (TPSA) is 140 Å². The fourth-order valence-corrected chi connectivity index (χ4v) is 6.95. The van der Waals surface area contributed by atoms with Crippen molar-refractivity contribution in [3.8, 4) is 17.2 Å². The van der Waals surface area contributed by atoms with Gasteiger partial charge in [-0.1, -0.05) is 48.5 Å². The van der Waals surface area contributed by atoms with Gasteiger partial charge < -0.3 is 34.7 Å². The molecule has 0 unspecified atom stereocenters. The number of aliphatic hydroxyl groups is 1. The standard InChI is InChI=1S/C35H34BrIN4O7/c1-4-46-29-16-23(32-31(34(43)45-3)20(2)39-35(44)40-32)12-13-28(29)47-19-30(42)41-38-17-21-14-26(36)33(27(37)15-21)48-18-24-10-7-9-22-8-5-6-11-25(22)24/h5-17,30,32,41-42H,4,18-19H2,1-3H3,(H2,39,40,44)/b38-17-/t30-,32-/m0/s1. The number of methoxy groups -OCH3 is 1. The van der Waals surface area contributed by atoms with E-state index in [1.165, 1.54) is 12.5 Å². The Morgan fingerprint density at radius 3 is 2.65 bits per heavy atom. The molecule has 1 aliphatic heterocycles. The van der Waals surface area contributed by atoms with Crippen LogP contribution in [0.15, 0.2) is 93.6 Å². The molecule has 2 amide bonds. The number of esters is 1. The van der Waals surface area contributed by atoms with Crippen LogP contribution in [0.25, 0.3) is 10.8 Å². The van der Waals surface area contributed by atoms with Gasteiger partial charge >= 0.3 is 12.0 Å². The summed E-state index contributed by atoms with van der Waals surface area (Å²) in [6.45, 7) is 4.07. The van der Waals surface area contributed by atoms with E-state index in [4.69, 9.17) is 18.9 Å². The lowest BCUT2D eigenvalue weighted by molar-refractivity contribution is -0.136. The highest BCUT2D eigenvalue weighted by atomic mass is 127. The quantitative estimate of drug-likeness (QED) is 0.0405. The number of rotatable bonds is 13. The third kappa shape index (κ3) is 8.38. The molecule has 4 aromatic rings. The average molecular weight is 829 g/mol. The molecule has 4 N–H and O–H groups in total. The van der Waals surface area contributed by atoms with Gasteiger partial charge in [-0.2, -0.15) is 5.10 Å². The van der Waals surface area contributed by atoms with E-state index in [-0.39, 0.29) is 12.2 Å². The lowest BCUT2D eigenvalue weighted by Crippen LogP contribution is -2.45. The maximum absolute atomic E-state index is 12.5. The van der Waals surface area contributed by atoms with Crippen LogP contribution in [0.4, 0.5) is 4.79 Å². The van der Waals surface area contributed by atoms with Gasteiger partial charge in [-0.3, -0.25) is 5.43 Å². The molecule has 0 saturated carbocycles. The first-order valence-electron chi connectivity index (χ1n) is 15.0. The summed E-state index contributed by atoms with van der Waals surface area (Å²) in [5.74, 6) is 0.904. The highest BCUT2D eigenvalue weighted by Gasteiger charge is 2.32. The first kappa shape index (κ1) is 35.0. The van der Waals surface area contributed by atoms with Crippen molar-refractivity contribution in [1.82, 2.24) is 16.1 Å². The van der Waals surface area contributed by atoms with Gasteiger partial charge in [-0.15, -0.1) is 0 Å². The predicted octanol–water partition coefficient (Wildman–Crippen LogP) is 6.31. The van der Waals surface area contributed by atoms with Crippen molar-refractivity contribution in [2.75, 3.05) is 20.3 Å².